The predicted molar refractivity (Wildman–Crippen MR) is 57.7 cm³/mol. The number of hydrogen-bond acceptors (Lipinski definition) is 5. The molecule has 2 aliphatic heterocycles. The zero-order valence-electron chi connectivity index (χ0n) is 8.92. The number of likely N-dealkylation sites (N-methyl/N-ethyl adjacent to an activating group) is 1. The SMILES string of the molecule is CNC(=O)C1CNCCN1C1=NCCN1. The van der Waals surface area contributed by atoms with Crippen molar-refractivity contribution in [3.8, 4) is 0 Å². The summed E-state index contributed by atoms with van der Waals surface area (Å²) in [5.41, 5.74) is 0. The Morgan fingerprint density at radius 2 is 2.47 bits per heavy atom. The maximum Gasteiger partial charge on any atom is 0.243 e. The van der Waals surface area contributed by atoms with Crippen molar-refractivity contribution in [2.45, 2.75) is 6.04 Å². The van der Waals surface area contributed by atoms with E-state index in [-0.39, 0.29) is 11.9 Å². The summed E-state index contributed by atoms with van der Waals surface area (Å²) in [7, 11) is 1.67. The molecule has 0 radical (unpaired) electrons. The van der Waals surface area contributed by atoms with Crippen molar-refractivity contribution in [1.82, 2.24) is 20.9 Å². The van der Waals surface area contributed by atoms with Gasteiger partial charge in [-0.1, -0.05) is 0 Å². The topological polar surface area (TPSA) is 68.8 Å². The van der Waals surface area contributed by atoms with Gasteiger partial charge >= 0.3 is 0 Å². The fourth-order valence-corrected chi connectivity index (χ4v) is 1.94. The van der Waals surface area contributed by atoms with Crippen LogP contribution in [0.25, 0.3) is 0 Å². The summed E-state index contributed by atoms with van der Waals surface area (Å²) in [6, 6.07) is -0.145. The van der Waals surface area contributed by atoms with E-state index in [1.807, 2.05) is 4.90 Å². The summed E-state index contributed by atoms with van der Waals surface area (Å²) in [6.45, 7) is 4.08. The zero-order valence-corrected chi connectivity index (χ0v) is 8.92. The van der Waals surface area contributed by atoms with Crippen molar-refractivity contribution in [2.75, 3.05) is 39.8 Å². The minimum Gasteiger partial charge on any atom is -0.357 e. The van der Waals surface area contributed by atoms with Crippen LogP contribution in [0, 0.1) is 0 Å². The first-order chi connectivity index (χ1) is 7.33. The standard InChI is InChI=1S/C9H17N5O/c1-10-8(15)7-6-11-4-5-14(7)9-12-2-3-13-9/h7,11H,2-6H2,1H3,(H,10,15)(H,12,13). The summed E-state index contributed by atoms with van der Waals surface area (Å²) in [5.74, 6) is 0.906. The molecule has 1 unspecified atom stereocenters. The summed E-state index contributed by atoms with van der Waals surface area (Å²) in [6.07, 6.45) is 0. The van der Waals surface area contributed by atoms with Gasteiger partial charge in [0.15, 0.2) is 5.96 Å². The van der Waals surface area contributed by atoms with E-state index in [4.69, 9.17) is 0 Å². The minimum absolute atomic E-state index is 0.0404. The van der Waals surface area contributed by atoms with Crippen LogP contribution in [0.5, 0.6) is 0 Å². The Labute approximate surface area is 89.1 Å². The molecule has 84 valence electrons. The highest BCUT2D eigenvalue weighted by atomic mass is 16.2. The van der Waals surface area contributed by atoms with Gasteiger partial charge in [0.05, 0.1) is 6.54 Å². The van der Waals surface area contributed by atoms with E-state index >= 15 is 0 Å². The van der Waals surface area contributed by atoms with Gasteiger partial charge in [0.2, 0.25) is 5.91 Å². The molecule has 3 N–H and O–H groups in total. The second kappa shape index (κ2) is 4.48. The predicted octanol–water partition coefficient (Wildman–Crippen LogP) is -2.03. The van der Waals surface area contributed by atoms with Crippen LogP contribution >= 0.6 is 0 Å². The quantitative estimate of drug-likeness (QED) is 0.468. The molecule has 0 aliphatic carbocycles. The molecular formula is C9H17N5O. The Morgan fingerprint density at radius 3 is 3.13 bits per heavy atom. The van der Waals surface area contributed by atoms with Gasteiger partial charge in [-0.05, 0) is 0 Å². The van der Waals surface area contributed by atoms with Crippen molar-refractivity contribution in [3.63, 3.8) is 0 Å². The van der Waals surface area contributed by atoms with Gasteiger partial charge in [-0.3, -0.25) is 9.79 Å². The largest absolute Gasteiger partial charge is 0.357 e. The molecule has 6 heteroatoms. The van der Waals surface area contributed by atoms with Gasteiger partial charge in [0.25, 0.3) is 0 Å². The van der Waals surface area contributed by atoms with E-state index in [9.17, 15) is 4.79 Å². The number of amides is 1. The number of guanidine groups is 1. The molecule has 2 heterocycles. The maximum atomic E-state index is 11.7. The van der Waals surface area contributed by atoms with Crippen molar-refractivity contribution >= 4 is 11.9 Å². The van der Waals surface area contributed by atoms with E-state index in [1.54, 1.807) is 7.05 Å². The Hall–Kier alpha value is -1.30. The molecule has 6 nitrogen and oxygen atoms in total. The molecule has 15 heavy (non-hydrogen) atoms. The van der Waals surface area contributed by atoms with E-state index in [0.717, 1.165) is 32.1 Å². The lowest BCUT2D eigenvalue weighted by Gasteiger charge is -2.36. The highest BCUT2D eigenvalue weighted by Crippen LogP contribution is 2.05. The molecular weight excluding hydrogens is 194 g/mol. The molecule has 0 bridgehead atoms. The van der Waals surface area contributed by atoms with Gasteiger partial charge in [-0.2, -0.15) is 0 Å². The van der Waals surface area contributed by atoms with Crippen molar-refractivity contribution in [2.24, 2.45) is 4.99 Å². The van der Waals surface area contributed by atoms with Crippen LogP contribution in [0.2, 0.25) is 0 Å². The van der Waals surface area contributed by atoms with Gasteiger partial charge in [0.1, 0.15) is 6.04 Å². The van der Waals surface area contributed by atoms with Crippen LogP contribution < -0.4 is 16.0 Å². The van der Waals surface area contributed by atoms with Crippen molar-refractivity contribution < 1.29 is 4.79 Å². The lowest BCUT2D eigenvalue weighted by molar-refractivity contribution is -0.125. The van der Waals surface area contributed by atoms with E-state index in [1.165, 1.54) is 0 Å². The first-order valence-electron chi connectivity index (χ1n) is 5.30. The van der Waals surface area contributed by atoms with Gasteiger partial charge in [-0.15, -0.1) is 0 Å². The number of carbonyl (C=O) groups is 1. The first-order valence-corrected chi connectivity index (χ1v) is 5.30. The number of nitrogens with zero attached hydrogens (tertiary/aromatic N) is 2. The normalized spacial score (nSPS) is 25.8. The molecule has 0 spiro atoms. The lowest BCUT2D eigenvalue weighted by Crippen LogP contribution is -2.61. The third kappa shape index (κ3) is 2.04. The third-order valence-electron chi connectivity index (χ3n) is 2.72. The molecule has 0 aromatic carbocycles. The third-order valence-corrected chi connectivity index (χ3v) is 2.72. The zero-order chi connectivity index (χ0) is 10.7. The van der Waals surface area contributed by atoms with E-state index in [0.29, 0.717) is 6.54 Å². The van der Waals surface area contributed by atoms with Crippen LogP contribution in [0.3, 0.4) is 0 Å². The Morgan fingerprint density at radius 1 is 1.60 bits per heavy atom. The van der Waals surface area contributed by atoms with Crippen molar-refractivity contribution in [3.05, 3.63) is 0 Å². The molecule has 0 aromatic rings. The molecule has 1 fully saturated rings. The fraction of sp³-hybridized carbons (Fsp3) is 0.778. The molecule has 2 aliphatic rings. The van der Waals surface area contributed by atoms with Crippen LogP contribution in [0.1, 0.15) is 0 Å². The monoisotopic (exact) mass is 211 g/mol. The molecule has 0 aromatic heterocycles. The Kier molecular flexibility index (Phi) is 3.05. The van der Waals surface area contributed by atoms with Crippen LogP contribution in [0.4, 0.5) is 0 Å². The lowest BCUT2D eigenvalue weighted by atomic mass is 10.2. The summed E-state index contributed by atoms with van der Waals surface area (Å²) < 4.78 is 0. The average molecular weight is 211 g/mol. The number of rotatable bonds is 1. The second-order valence-electron chi connectivity index (χ2n) is 3.66. The fourth-order valence-electron chi connectivity index (χ4n) is 1.94. The number of nitrogens with one attached hydrogen (secondary N) is 3. The second-order valence-corrected chi connectivity index (χ2v) is 3.66. The molecule has 0 saturated carbocycles. The summed E-state index contributed by atoms with van der Waals surface area (Å²) in [4.78, 5) is 18.1. The van der Waals surface area contributed by atoms with Gasteiger partial charge in [-0.25, -0.2) is 0 Å². The number of hydrogen-bond donors (Lipinski definition) is 3. The summed E-state index contributed by atoms with van der Waals surface area (Å²) in [5, 5.41) is 9.11. The number of carbonyl (C=O) groups excluding carboxylic acids is 1. The van der Waals surface area contributed by atoms with Gasteiger partial charge < -0.3 is 20.9 Å². The average Bonchev–Trinajstić information content (AvgIpc) is 2.81. The maximum absolute atomic E-state index is 11.7. The smallest absolute Gasteiger partial charge is 0.243 e. The number of piperazine rings is 1. The first kappa shape index (κ1) is 10.2. The van der Waals surface area contributed by atoms with Crippen LogP contribution in [-0.2, 0) is 4.79 Å². The summed E-state index contributed by atoms with van der Waals surface area (Å²) >= 11 is 0. The van der Waals surface area contributed by atoms with Crippen LogP contribution in [-0.4, -0.2) is 62.6 Å². The Bertz CT molecular complexity index is 278. The highest BCUT2D eigenvalue weighted by molar-refractivity contribution is 5.90. The molecule has 2 rings (SSSR count). The van der Waals surface area contributed by atoms with Crippen molar-refractivity contribution in [1.29, 1.82) is 0 Å². The van der Waals surface area contributed by atoms with Crippen LogP contribution in [0.15, 0.2) is 4.99 Å². The number of aliphatic imine (C=N–C) groups is 1. The molecule has 1 saturated heterocycles. The molecule has 1 amide bonds. The highest BCUT2D eigenvalue weighted by Gasteiger charge is 2.30. The van der Waals surface area contributed by atoms with E-state index in [2.05, 4.69) is 20.9 Å². The van der Waals surface area contributed by atoms with E-state index < -0.39 is 0 Å². The minimum atomic E-state index is -0.145. The van der Waals surface area contributed by atoms with Gasteiger partial charge in [0, 0.05) is 33.2 Å². The Balaban J connectivity index is 2.08. The molecule has 1 atom stereocenters.